The molecular weight excluding hydrogens is 208 g/mol. The Morgan fingerprint density at radius 1 is 1.31 bits per heavy atom. The van der Waals surface area contributed by atoms with Gasteiger partial charge in [-0.2, -0.15) is 5.10 Å². The third-order valence-corrected chi connectivity index (χ3v) is 2.76. The maximum absolute atomic E-state index is 10.7. The lowest BCUT2D eigenvalue weighted by Crippen LogP contribution is -2.04. The standard InChI is InChI=1S/C8H5ClN2OS/c9-7-3-2-6(13-7)5-1-4-8(12)11-10-5/h1-4H,(H,11,12). The zero-order chi connectivity index (χ0) is 9.26. The molecule has 0 aromatic carbocycles. The third-order valence-electron chi connectivity index (χ3n) is 1.50. The Bertz CT molecular complexity index is 456. The van der Waals surface area contributed by atoms with E-state index in [0.29, 0.717) is 4.34 Å². The first-order valence-electron chi connectivity index (χ1n) is 3.57. The minimum Gasteiger partial charge on any atom is -0.268 e. The molecule has 66 valence electrons. The maximum Gasteiger partial charge on any atom is 0.264 e. The summed E-state index contributed by atoms with van der Waals surface area (Å²) in [7, 11) is 0. The van der Waals surface area contributed by atoms with Crippen molar-refractivity contribution in [1.29, 1.82) is 0 Å². The van der Waals surface area contributed by atoms with Crippen molar-refractivity contribution >= 4 is 22.9 Å². The zero-order valence-corrected chi connectivity index (χ0v) is 8.02. The molecule has 0 aliphatic carbocycles. The average Bonchev–Trinajstić information content (AvgIpc) is 2.53. The fraction of sp³-hybridized carbons (Fsp3) is 0. The lowest BCUT2D eigenvalue weighted by atomic mass is 10.3. The highest BCUT2D eigenvalue weighted by Crippen LogP contribution is 2.28. The van der Waals surface area contributed by atoms with Gasteiger partial charge in [0.15, 0.2) is 0 Å². The molecule has 5 heteroatoms. The number of aromatic amines is 1. The third kappa shape index (κ3) is 1.79. The minimum atomic E-state index is -0.202. The summed E-state index contributed by atoms with van der Waals surface area (Å²) in [5, 5.41) is 6.24. The second kappa shape index (κ2) is 3.32. The molecule has 2 aromatic rings. The Hall–Kier alpha value is -1.13. The number of aromatic nitrogens is 2. The molecule has 1 N–H and O–H groups in total. The predicted octanol–water partition coefficient (Wildman–Crippen LogP) is 2.15. The smallest absolute Gasteiger partial charge is 0.264 e. The molecule has 0 aliphatic rings. The number of hydrogen-bond acceptors (Lipinski definition) is 3. The average molecular weight is 213 g/mol. The molecule has 2 rings (SSSR count). The van der Waals surface area contributed by atoms with E-state index in [1.807, 2.05) is 6.07 Å². The highest BCUT2D eigenvalue weighted by molar-refractivity contribution is 7.19. The van der Waals surface area contributed by atoms with Crippen LogP contribution >= 0.6 is 22.9 Å². The van der Waals surface area contributed by atoms with Gasteiger partial charge in [-0.15, -0.1) is 11.3 Å². The van der Waals surface area contributed by atoms with E-state index in [-0.39, 0.29) is 5.56 Å². The normalized spacial score (nSPS) is 10.2. The second-order valence-electron chi connectivity index (χ2n) is 2.41. The maximum atomic E-state index is 10.7. The van der Waals surface area contributed by atoms with Crippen molar-refractivity contribution in [2.45, 2.75) is 0 Å². The van der Waals surface area contributed by atoms with Crippen molar-refractivity contribution in [3.63, 3.8) is 0 Å². The van der Waals surface area contributed by atoms with Crippen LogP contribution in [0.15, 0.2) is 29.1 Å². The first-order chi connectivity index (χ1) is 6.25. The van der Waals surface area contributed by atoms with Crippen molar-refractivity contribution in [3.05, 3.63) is 39.0 Å². The zero-order valence-electron chi connectivity index (χ0n) is 6.45. The van der Waals surface area contributed by atoms with Crippen LogP contribution in [0, 0.1) is 0 Å². The molecule has 0 aliphatic heterocycles. The Morgan fingerprint density at radius 3 is 2.69 bits per heavy atom. The van der Waals surface area contributed by atoms with Gasteiger partial charge in [-0.25, -0.2) is 5.10 Å². The molecule has 0 unspecified atom stereocenters. The Balaban J connectivity index is 2.47. The molecule has 13 heavy (non-hydrogen) atoms. The first-order valence-corrected chi connectivity index (χ1v) is 4.76. The van der Waals surface area contributed by atoms with Gasteiger partial charge in [-0.05, 0) is 18.2 Å². The molecule has 0 saturated carbocycles. The van der Waals surface area contributed by atoms with Crippen LogP contribution in [0.1, 0.15) is 0 Å². The molecule has 2 aromatic heterocycles. The van der Waals surface area contributed by atoms with E-state index in [1.54, 1.807) is 12.1 Å². The summed E-state index contributed by atoms with van der Waals surface area (Å²) < 4.78 is 0.711. The highest BCUT2D eigenvalue weighted by Gasteiger charge is 2.01. The summed E-state index contributed by atoms with van der Waals surface area (Å²) >= 11 is 7.19. The predicted molar refractivity (Wildman–Crippen MR) is 53.2 cm³/mol. The summed E-state index contributed by atoms with van der Waals surface area (Å²) in [4.78, 5) is 11.7. The molecule has 0 atom stereocenters. The quantitative estimate of drug-likeness (QED) is 0.788. The molecule has 2 heterocycles. The molecule has 0 bridgehead atoms. The van der Waals surface area contributed by atoms with E-state index >= 15 is 0 Å². The van der Waals surface area contributed by atoms with Crippen molar-refractivity contribution < 1.29 is 0 Å². The number of rotatable bonds is 1. The van der Waals surface area contributed by atoms with Crippen LogP contribution < -0.4 is 5.56 Å². The van der Waals surface area contributed by atoms with E-state index in [1.165, 1.54) is 17.4 Å². The van der Waals surface area contributed by atoms with Gasteiger partial charge in [0.25, 0.3) is 5.56 Å². The van der Waals surface area contributed by atoms with Gasteiger partial charge in [0.1, 0.15) is 5.69 Å². The van der Waals surface area contributed by atoms with E-state index in [9.17, 15) is 4.79 Å². The van der Waals surface area contributed by atoms with Crippen molar-refractivity contribution in [2.24, 2.45) is 0 Å². The van der Waals surface area contributed by atoms with Gasteiger partial charge in [0, 0.05) is 6.07 Å². The molecule has 0 radical (unpaired) electrons. The molecule has 0 fully saturated rings. The molecule has 3 nitrogen and oxygen atoms in total. The Labute approximate surface area is 83.0 Å². The van der Waals surface area contributed by atoms with Gasteiger partial charge in [-0.1, -0.05) is 11.6 Å². The molecular formula is C8H5ClN2OS. The number of nitrogens with zero attached hydrogens (tertiary/aromatic N) is 1. The monoisotopic (exact) mass is 212 g/mol. The van der Waals surface area contributed by atoms with E-state index in [0.717, 1.165) is 10.6 Å². The fourth-order valence-corrected chi connectivity index (χ4v) is 1.95. The summed E-state index contributed by atoms with van der Waals surface area (Å²) in [5.74, 6) is 0. The topological polar surface area (TPSA) is 45.8 Å². The summed E-state index contributed by atoms with van der Waals surface area (Å²) in [5.41, 5.74) is 0.530. The number of thiophene rings is 1. The Morgan fingerprint density at radius 2 is 2.15 bits per heavy atom. The van der Waals surface area contributed by atoms with Gasteiger partial charge in [0.2, 0.25) is 0 Å². The van der Waals surface area contributed by atoms with Crippen LogP contribution in [0.5, 0.6) is 0 Å². The Kier molecular flexibility index (Phi) is 2.16. The van der Waals surface area contributed by atoms with Gasteiger partial charge in [0.05, 0.1) is 9.21 Å². The van der Waals surface area contributed by atoms with Gasteiger partial charge in [-0.3, -0.25) is 4.79 Å². The number of hydrogen-bond donors (Lipinski definition) is 1. The number of halogens is 1. The van der Waals surface area contributed by atoms with Crippen LogP contribution in [0.3, 0.4) is 0 Å². The number of H-pyrrole nitrogens is 1. The van der Waals surface area contributed by atoms with Crippen molar-refractivity contribution in [3.8, 4) is 10.6 Å². The van der Waals surface area contributed by atoms with Crippen LogP contribution in [-0.2, 0) is 0 Å². The lowest BCUT2D eigenvalue weighted by molar-refractivity contribution is 0.998. The van der Waals surface area contributed by atoms with E-state index < -0.39 is 0 Å². The van der Waals surface area contributed by atoms with E-state index in [2.05, 4.69) is 10.2 Å². The molecule has 0 spiro atoms. The summed E-state index contributed by atoms with van der Waals surface area (Å²) in [6.45, 7) is 0. The van der Waals surface area contributed by atoms with Crippen LogP contribution in [0.4, 0.5) is 0 Å². The summed E-state index contributed by atoms with van der Waals surface area (Å²) in [6, 6.07) is 6.78. The first kappa shape index (κ1) is 8.47. The SMILES string of the molecule is O=c1ccc(-c2ccc(Cl)s2)n[nH]1. The minimum absolute atomic E-state index is 0.202. The molecule has 0 saturated heterocycles. The summed E-state index contributed by atoms with van der Waals surface area (Å²) in [6.07, 6.45) is 0. The number of nitrogens with one attached hydrogen (secondary N) is 1. The van der Waals surface area contributed by atoms with Gasteiger partial charge < -0.3 is 0 Å². The fourth-order valence-electron chi connectivity index (χ4n) is 0.934. The highest BCUT2D eigenvalue weighted by atomic mass is 35.5. The second-order valence-corrected chi connectivity index (χ2v) is 4.13. The molecule has 0 amide bonds. The van der Waals surface area contributed by atoms with Crippen LogP contribution in [0.25, 0.3) is 10.6 Å². The lowest BCUT2D eigenvalue weighted by Gasteiger charge is -1.92. The largest absolute Gasteiger partial charge is 0.268 e. The van der Waals surface area contributed by atoms with Crippen molar-refractivity contribution in [2.75, 3.05) is 0 Å². The van der Waals surface area contributed by atoms with Crippen LogP contribution in [-0.4, -0.2) is 10.2 Å². The van der Waals surface area contributed by atoms with Gasteiger partial charge >= 0.3 is 0 Å². The van der Waals surface area contributed by atoms with E-state index in [4.69, 9.17) is 11.6 Å². The van der Waals surface area contributed by atoms with Crippen LogP contribution in [0.2, 0.25) is 4.34 Å². The van der Waals surface area contributed by atoms with Crippen molar-refractivity contribution in [1.82, 2.24) is 10.2 Å².